The summed E-state index contributed by atoms with van der Waals surface area (Å²) in [4.78, 5) is 74.2. The van der Waals surface area contributed by atoms with E-state index in [2.05, 4.69) is 10.9 Å². The van der Waals surface area contributed by atoms with Crippen LogP contribution >= 0.6 is 0 Å². The van der Waals surface area contributed by atoms with E-state index in [1.165, 1.54) is 19.8 Å². The van der Waals surface area contributed by atoms with Crippen molar-refractivity contribution < 1.29 is 38.3 Å². The quantitative estimate of drug-likeness (QED) is 0.327. The highest BCUT2D eigenvalue weighted by Gasteiger charge is 2.48. The van der Waals surface area contributed by atoms with Gasteiger partial charge in [0.1, 0.15) is 23.8 Å². The van der Waals surface area contributed by atoms with Crippen LogP contribution in [0.1, 0.15) is 80.6 Å². The zero-order chi connectivity index (χ0) is 30.5. The predicted octanol–water partition coefficient (Wildman–Crippen LogP) is 2.38. The smallest absolute Gasteiger partial charge is 0.411 e. The van der Waals surface area contributed by atoms with Gasteiger partial charge in [-0.25, -0.2) is 14.4 Å². The molecule has 0 unspecified atom stereocenters. The topological polar surface area (TPSA) is 150 Å². The molecule has 0 radical (unpaired) electrons. The molecule has 2 N–H and O–H groups in total. The van der Waals surface area contributed by atoms with Gasteiger partial charge in [-0.2, -0.15) is 5.06 Å². The second kappa shape index (κ2) is 13.1. The summed E-state index contributed by atoms with van der Waals surface area (Å²) in [6, 6.07) is -1.71. The molecular weight excluding hydrogens is 536 g/mol. The fourth-order valence-electron chi connectivity index (χ4n) is 4.94. The molecule has 0 aliphatic carbocycles. The zero-order valence-electron chi connectivity index (χ0n) is 25.4. The van der Waals surface area contributed by atoms with Crippen LogP contribution in [-0.2, 0) is 23.9 Å². The summed E-state index contributed by atoms with van der Waals surface area (Å²) in [5.41, 5.74) is 3.29. The molecule has 3 fully saturated rings. The monoisotopic (exact) mass is 582 g/mol. The van der Waals surface area contributed by atoms with Gasteiger partial charge in [-0.05, 0) is 67.2 Å². The molecule has 3 rings (SSSR count). The van der Waals surface area contributed by atoms with Gasteiger partial charge in [0.15, 0.2) is 0 Å². The Morgan fingerprint density at radius 1 is 0.951 bits per heavy atom. The van der Waals surface area contributed by atoms with Gasteiger partial charge >= 0.3 is 18.2 Å². The van der Waals surface area contributed by atoms with Crippen molar-refractivity contribution in [2.75, 3.05) is 32.8 Å². The van der Waals surface area contributed by atoms with Crippen LogP contribution in [0.4, 0.5) is 14.4 Å². The van der Waals surface area contributed by atoms with Crippen molar-refractivity contribution in [1.82, 2.24) is 30.6 Å². The Labute approximate surface area is 241 Å². The molecule has 14 nitrogen and oxygen atoms in total. The standard InChI is InChI=1S/C27H46N6O8/c1-8-9-14-39-33-19-10-11-20(32(16-19)23(33)36)22(35)29-28-21(34)17-31(25(38)41-27(5,6)7)18-12-13-30(15-18)24(37)40-26(2,3)4/h18-20H,8-17H2,1-7H3,(H,28,34)(H,29,35)/t18-,19-,20+/m1/s1. The summed E-state index contributed by atoms with van der Waals surface area (Å²) in [5.74, 6) is -1.17. The summed E-state index contributed by atoms with van der Waals surface area (Å²) < 4.78 is 11.0. The molecule has 3 saturated heterocycles. The van der Waals surface area contributed by atoms with E-state index in [-0.39, 0.29) is 18.6 Å². The van der Waals surface area contributed by atoms with Crippen molar-refractivity contribution in [3.63, 3.8) is 0 Å². The van der Waals surface area contributed by atoms with E-state index in [0.717, 1.165) is 12.8 Å². The van der Waals surface area contributed by atoms with E-state index in [1.54, 1.807) is 41.5 Å². The van der Waals surface area contributed by atoms with E-state index < -0.39 is 53.8 Å². The Morgan fingerprint density at radius 2 is 1.63 bits per heavy atom. The molecule has 232 valence electrons. The minimum atomic E-state index is -0.807. The van der Waals surface area contributed by atoms with Gasteiger partial charge in [-0.1, -0.05) is 13.3 Å². The Morgan fingerprint density at radius 3 is 2.27 bits per heavy atom. The third-order valence-electron chi connectivity index (χ3n) is 6.88. The normalized spacial score (nSPS) is 22.5. The van der Waals surface area contributed by atoms with Gasteiger partial charge in [0.25, 0.3) is 11.8 Å². The highest BCUT2D eigenvalue weighted by molar-refractivity contribution is 5.90. The summed E-state index contributed by atoms with van der Waals surface area (Å²) in [6.07, 6.45) is 2.01. The number of hydrazine groups is 1. The van der Waals surface area contributed by atoms with Gasteiger partial charge in [-0.15, -0.1) is 0 Å². The minimum absolute atomic E-state index is 0.105. The lowest BCUT2D eigenvalue weighted by atomic mass is 10.0. The number of fused-ring (bicyclic) bond motifs is 2. The minimum Gasteiger partial charge on any atom is -0.444 e. The first-order valence-electron chi connectivity index (χ1n) is 14.4. The average molecular weight is 583 g/mol. The number of urea groups is 1. The number of carbonyl (C=O) groups is 5. The lowest BCUT2D eigenvalue weighted by molar-refractivity contribution is -0.133. The molecule has 14 heteroatoms. The summed E-state index contributed by atoms with van der Waals surface area (Å²) in [6.45, 7) is 13.4. The molecule has 0 aromatic carbocycles. The molecule has 0 aromatic rings. The maximum absolute atomic E-state index is 13.1. The van der Waals surface area contributed by atoms with Crippen molar-refractivity contribution in [1.29, 1.82) is 0 Å². The van der Waals surface area contributed by atoms with Crippen molar-refractivity contribution in [2.45, 2.75) is 110 Å². The summed E-state index contributed by atoms with van der Waals surface area (Å²) >= 11 is 0. The SMILES string of the molecule is CCCCON1C(=O)N2C[C@H]1CC[C@H]2C(=O)NNC(=O)CN(C(=O)OC(C)(C)C)[C@@H]1CCN(C(=O)OC(C)(C)C)C1. The van der Waals surface area contributed by atoms with E-state index in [9.17, 15) is 24.0 Å². The van der Waals surface area contributed by atoms with Gasteiger partial charge in [0.2, 0.25) is 0 Å². The Balaban J connectivity index is 1.58. The van der Waals surface area contributed by atoms with E-state index in [1.807, 2.05) is 6.92 Å². The van der Waals surface area contributed by atoms with Crippen LogP contribution in [0.3, 0.4) is 0 Å². The Kier molecular flexibility index (Phi) is 10.3. The second-order valence-electron chi connectivity index (χ2n) is 12.7. The van der Waals surface area contributed by atoms with E-state index >= 15 is 0 Å². The number of nitrogens with zero attached hydrogens (tertiary/aromatic N) is 4. The summed E-state index contributed by atoms with van der Waals surface area (Å²) in [5, 5.41) is 1.36. The maximum atomic E-state index is 13.1. The molecule has 3 aliphatic rings. The molecule has 0 spiro atoms. The van der Waals surface area contributed by atoms with Crippen molar-refractivity contribution in [2.24, 2.45) is 0 Å². The summed E-state index contributed by atoms with van der Waals surface area (Å²) in [7, 11) is 0. The molecule has 2 bridgehead atoms. The number of hydrogen-bond donors (Lipinski definition) is 2. The zero-order valence-corrected chi connectivity index (χ0v) is 25.4. The first-order chi connectivity index (χ1) is 19.1. The number of amides is 6. The first kappa shape index (κ1) is 32.2. The predicted molar refractivity (Wildman–Crippen MR) is 147 cm³/mol. The van der Waals surface area contributed by atoms with Crippen LogP contribution in [0.25, 0.3) is 0 Å². The van der Waals surface area contributed by atoms with Gasteiger partial charge in [0, 0.05) is 19.6 Å². The highest BCUT2D eigenvalue weighted by Crippen LogP contribution is 2.30. The van der Waals surface area contributed by atoms with Crippen LogP contribution in [0.5, 0.6) is 0 Å². The number of ether oxygens (including phenoxy) is 2. The fourth-order valence-corrected chi connectivity index (χ4v) is 4.94. The number of unbranched alkanes of at least 4 members (excludes halogenated alkanes) is 1. The number of hydrogen-bond acceptors (Lipinski definition) is 8. The lowest BCUT2D eigenvalue weighted by Gasteiger charge is -2.32. The van der Waals surface area contributed by atoms with Crippen LogP contribution in [0.15, 0.2) is 0 Å². The number of piperidine rings is 1. The third-order valence-corrected chi connectivity index (χ3v) is 6.88. The number of likely N-dealkylation sites (tertiary alicyclic amines) is 1. The van der Waals surface area contributed by atoms with Crippen LogP contribution < -0.4 is 10.9 Å². The average Bonchev–Trinajstić information content (AvgIpc) is 3.44. The van der Waals surface area contributed by atoms with Crippen LogP contribution in [-0.4, -0.2) is 112 Å². The van der Waals surface area contributed by atoms with Gasteiger partial charge in [-0.3, -0.25) is 30.2 Å². The molecule has 41 heavy (non-hydrogen) atoms. The van der Waals surface area contributed by atoms with Crippen molar-refractivity contribution in [3.05, 3.63) is 0 Å². The van der Waals surface area contributed by atoms with Crippen LogP contribution in [0, 0.1) is 0 Å². The largest absolute Gasteiger partial charge is 0.444 e. The number of carbonyl (C=O) groups excluding carboxylic acids is 5. The van der Waals surface area contributed by atoms with Gasteiger partial charge < -0.3 is 19.3 Å². The number of hydroxylamine groups is 2. The fraction of sp³-hybridized carbons (Fsp3) is 0.815. The second-order valence-corrected chi connectivity index (χ2v) is 12.7. The molecule has 3 atom stereocenters. The highest BCUT2D eigenvalue weighted by atomic mass is 16.7. The van der Waals surface area contributed by atoms with E-state index in [4.69, 9.17) is 14.3 Å². The van der Waals surface area contributed by atoms with E-state index in [0.29, 0.717) is 39.0 Å². The maximum Gasteiger partial charge on any atom is 0.411 e. The molecule has 0 saturated carbocycles. The molecule has 3 heterocycles. The Bertz CT molecular complexity index is 993. The van der Waals surface area contributed by atoms with Crippen molar-refractivity contribution >= 4 is 30.0 Å². The molecule has 0 aromatic heterocycles. The molecule has 3 aliphatic heterocycles. The number of nitrogens with one attached hydrogen (secondary N) is 2. The first-order valence-corrected chi connectivity index (χ1v) is 14.4. The van der Waals surface area contributed by atoms with Crippen LogP contribution in [0.2, 0.25) is 0 Å². The van der Waals surface area contributed by atoms with Gasteiger partial charge in [0.05, 0.1) is 18.7 Å². The number of rotatable bonds is 8. The Hall–Kier alpha value is -3.29. The molecular formula is C27H46N6O8. The van der Waals surface area contributed by atoms with Crippen molar-refractivity contribution in [3.8, 4) is 0 Å². The third kappa shape index (κ3) is 8.85. The molecule has 6 amide bonds. The lowest BCUT2D eigenvalue weighted by Crippen LogP contribution is -2.56.